The lowest BCUT2D eigenvalue weighted by atomic mass is 9.98. The summed E-state index contributed by atoms with van der Waals surface area (Å²) >= 11 is 1.26. The van der Waals surface area contributed by atoms with Crippen molar-refractivity contribution in [1.82, 2.24) is 4.98 Å². The van der Waals surface area contributed by atoms with Gasteiger partial charge in [0.05, 0.1) is 6.42 Å². The number of alkyl halides is 1. The van der Waals surface area contributed by atoms with Gasteiger partial charge in [0.1, 0.15) is 19.6 Å². The number of nitrogens with zero attached hydrogens (tertiary/aromatic N) is 1. The molecule has 0 saturated carbocycles. The quantitative estimate of drug-likeness (QED) is 0.623. The van der Waals surface area contributed by atoms with Gasteiger partial charge in [-0.25, -0.2) is 8.97 Å². The van der Waals surface area contributed by atoms with Crippen molar-refractivity contribution in [3.05, 3.63) is 29.5 Å². The van der Waals surface area contributed by atoms with Gasteiger partial charge in [0.15, 0.2) is 5.71 Å². The Labute approximate surface area is 135 Å². The van der Waals surface area contributed by atoms with E-state index in [1.165, 1.54) is 52.5 Å². The maximum absolute atomic E-state index is 12.6. The molecule has 2 heterocycles. The number of thioether (sulfide) groups is 1. The van der Waals surface area contributed by atoms with E-state index in [4.69, 9.17) is 0 Å². The van der Waals surface area contributed by atoms with Crippen LogP contribution in [-0.2, 0) is 6.42 Å². The molecule has 0 unspecified atom stereocenters. The van der Waals surface area contributed by atoms with Crippen LogP contribution in [-0.4, -0.2) is 34.9 Å². The Balaban J connectivity index is 2.09. The number of fused-ring (bicyclic) bond motifs is 1. The molecule has 2 aromatic rings. The molecule has 1 aliphatic heterocycles. The lowest BCUT2D eigenvalue weighted by Gasteiger charge is -2.07. The number of hydrogen-bond acceptors (Lipinski definition) is 1. The van der Waals surface area contributed by atoms with Crippen LogP contribution in [0.1, 0.15) is 43.9 Å². The summed E-state index contributed by atoms with van der Waals surface area (Å²) in [5.41, 5.74) is 5.41. The maximum atomic E-state index is 12.6. The first-order valence-electron chi connectivity index (χ1n) is 7.99. The van der Waals surface area contributed by atoms with Crippen molar-refractivity contribution in [3.63, 3.8) is 0 Å². The average Bonchev–Trinajstić information content (AvgIpc) is 3.05. The number of rotatable bonds is 5. The van der Waals surface area contributed by atoms with Crippen LogP contribution in [0.3, 0.4) is 0 Å². The van der Waals surface area contributed by atoms with Gasteiger partial charge in [-0.15, -0.1) is 0 Å². The standard InChI is InChI=1S/C18H24FN2S/c1-12(2)18-16(9-13-5-4-8-21(13)3)15-10-14(22-11-19)6-7-17(15)20-18/h6-7,10,12,20H,4-5,8-9,11H2,1-3H3/q+1. The Bertz CT molecular complexity index is 715. The second kappa shape index (κ2) is 6.45. The molecule has 0 fully saturated rings. The minimum Gasteiger partial charge on any atom is -0.358 e. The highest BCUT2D eigenvalue weighted by Crippen LogP contribution is 2.32. The van der Waals surface area contributed by atoms with Gasteiger partial charge in [0.2, 0.25) is 0 Å². The Morgan fingerprint density at radius 2 is 2.18 bits per heavy atom. The number of aromatic amines is 1. The topological polar surface area (TPSA) is 18.8 Å². The molecule has 1 aromatic heterocycles. The molecule has 1 N–H and O–H groups in total. The molecule has 0 spiro atoms. The zero-order valence-corrected chi connectivity index (χ0v) is 14.4. The molecular weight excluding hydrogens is 295 g/mol. The second-order valence-corrected chi connectivity index (χ2v) is 7.38. The predicted molar refractivity (Wildman–Crippen MR) is 93.2 cm³/mol. The van der Waals surface area contributed by atoms with Crippen LogP contribution < -0.4 is 0 Å². The molecule has 2 nitrogen and oxygen atoms in total. The molecule has 0 bridgehead atoms. The maximum Gasteiger partial charge on any atom is 0.156 e. The van der Waals surface area contributed by atoms with Crippen molar-refractivity contribution in [1.29, 1.82) is 0 Å². The van der Waals surface area contributed by atoms with Crippen LogP contribution >= 0.6 is 11.8 Å². The molecule has 0 amide bonds. The van der Waals surface area contributed by atoms with Crippen molar-refractivity contribution >= 4 is 28.4 Å². The van der Waals surface area contributed by atoms with Crippen LogP contribution in [0, 0.1) is 0 Å². The largest absolute Gasteiger partial charge is 0.358 e. The van der Waals surface area contributed by atoms with Crippen LogP contribution in [0.15, 0.2) is 23.1 Å². The lowest BCUT2D eigenvalue weighted by Crippen LogP contribution is -2.13. The van der Waals surface area contributed by atoms with Crippen molar-refractivity contribution in [2.24, 2.45) is 0 Å². The van der Waals surface area contributed by atoms with Gasteiger partial charge < -0.3 is 4.98 Å². The fourth-order valence-electron chi connectivity index (χ4n) is 3.38. The molecule has 3 rings (SSSR count). The SMILES string of the molecule is CC(C)c1[nH]c2ccc(SCF)cc2c1CC1=[N+](C)CCC1. The van der Waals surface area contributed by atoms with Crippen LogP contribution in [0.25, 0.3) is 10.9 Å². The summed E-state index contributed by atoms with van der Waals surface area (Å²) in [4.78, 5) is 4.60. The van der Waals surface area contributed by atoms with Gasteiger partial charge in [-0.2, -0.15) is 0 Å². The van der Waals surface area contributed by atoms with Crippen molar-refractivity contribution in [3.8, 4) is 0 Å². The number of nitrogens with one attached hydrogen (secondary N) is 1. The summed E-state index contributed by atoms with van der Waals surface area (Å²) in [5, 5.41) is 1.26. The van der Waals surface area contributed by atoms with Crippen LogP contribution in [0.5, 0.6) is 0 Å². The number of H-pyrrole nitrogens is 1. The first kappa shape index (κ1) is 15.6. The zero-order valence-electron chi connectivity index (χ0n) is 13.6. The van der Waals surface area contributed by atoms with E-state index >= 15 is 0 Å². The molecule has 22 heavy (non-hydrogen) atoms. The first-order valence-corrected chi connectivity index (χ1v) is 8.97. The third-order valence-corrected chi connectivity index (χ3v) is 5.29. The van der Waals surface area contributed by atoms with Crippen molar-refractivity contribution in [2.45, 2.75) is 43.9 Å². The summed E-state index contributed by atoms with van der Waals surface area (Å²) in [6.45, 7) is 5.63. The van der Waals surface area contributed by atoms with E-state index < -0.39 is 0 Å². The fraction of sp³-hybridized carbons (Fsp3) is 0.500. The van der Waals surface area contributed by atoms with Gasteiger partial charge >= 0.3 is 0 Å². The van der Waals surface area contributed by atoms with Crippen LogP contribution in [0.4, 0.5) is 4.39 Å². The van der Waals surface area contributed by atoms with Gasteiger partial charge in [-0.3, -0.25) is 0 Å². The van der Waals surface area contributed by atoms with Gasteiger partial charge in [-0.1, -0.05) is 25.6 Å². The molecule has 1 aromatic carbocycles. The Hall–Kier alpha value is -1.29. The molecule has 0 atom stereocenters. The van der Waals surface area contributed by atoms with E-state index in [2.05, 4.69) is 42.6 Å². The molecule has 0 radical (unpaired) electrons. The van der Waals surface area contributed by atoms with Crippen LogP contribution in [0.2, 0.25) is 0 Å². The molecule has 1 aliphatic rings. The molecule has 118 valence electrons. The Kier molecular flexibility index (Phi) is 4.57. The smallest absolute Gasteiger partial charge is 0.156 e. The highest BCUT2D eigenvalue weighted by Gasteiger charge is 2.23. The summed E-state index contributed by atoms with van der Waals surface area (Å²) < 4.78 is 15.0. The van der Waals surface area contributed by atoms with Gasteiger partial charge in [-0.05, 0) is 29.7 Å². The van der Waals surface area contributed by atoms with E-state index in [0.29, 0.717) is 5.92 Å². The van der Waals surface area contributed by atoms with Crippen molar-refractivity contribution < 1.29 is 8.97 Å². The number of aromatic nitrogens is 1. The summed E-state index contributed by atoms with van der Waals surface area (Å²) in [7, 11) is 2.19. The second-order valence-electron chi connectivity index (χ2n) is 6.40. The normalized spacial score (nSPS) is 15.5. The summed E-state index contributed by atoms with van der Waals surface area (Å²) in [5.74, 6) is 0.465. The van der Waals surface area contributed by atoms with Gasteiger partial charge in [0, 0.05) is 34.3 Å². The summed E-state index contributed by atoms with van der Waals surface area (Å²) in [6.07, 6.45) is 3.46. The Morgan fingerprint density at radius 1 is 1.36 bits per heavy atom. The summed E-state index contributed by atoms with van der Waals surface area (Å²) in [6, 6.07) is 5.87. The Morgan fingerprint density at radius 3 is 2.82 bits per heavy atom. The monoisotopic (exact) mass is 319 g/mol. The highest BCUT2D eigenvalue weighted by atomic mass is 32.2. The lowest BCUT2D eigenvalue weighted by molar-refractivity contribution is -0.489. The van der Waals surface area contributed by atoms with Crippen molar-refractivity contribution in [2.75, 3.05) is 19.6 Å². The fourth-order valence-corrected chi connectivity index (χ4v) is 3.87. The molecule has 0 aliphatic carbocycles. The third-order valence-electron chi connectivity index (χ3n) is 4.59. The van der Waals surface area contributed by atoms with Gasteiger partial charge in [0.25, 0.3) is 0 Å². The number of halogens is 1. The molecule has 0 saturated heterocycles. The number of hydrogen-bond donors (Lipinski definition) is 1. The van der Waals surface area contributed by atoms with E-state index in [1.54, 1.807) is 0 Å². The predicted octanol–water partition coefficient (Wildman–Crippen LogP) is 4.73. The van der Waals surface area contributed by atoms with E-state index in [-0.39, 0.29) is 6.01 Å². The minimum absolute atomic E-state index is 0.373. The first-order chi connectivity index (χ1) is 10.6. The third kappa shape index (κ3) is 2.94. The zero-order chi connectivity index (χ0) is 15.7. The molecular formula is C18H24FN2S+. The highest BCUT2D eigenvalue weighted by molar-refractivity contribution is 7.99. The van der Waals surface area contributed by atoms with E-state index in [1.807, 2.05) is 6.07 Å². The average molecular weight is 319 g/mol. The minimum atomic E-state index is -0.373. The molecule has 4 heteroatoms. The van der Waals surface area contributed by atoms with E-state index in [0.717, 1.165) is 17.9 Å². The van der Waals surface area contributed by atoms with E-state index in [9.17, 15) is 4.39 Å². The number of benzene rings is 1.